The summed E-state index contributed by atoms with van der Waals surface area (Å²) in [5.74, 6) is 0. The SMILES string of the molecule is Cn1c2ccccc2c2cc(C=C3C=C(C=c4ccc5c(c4)-c4ccccc4[N+]=5C)CC3)ccc21. The maximum Gasteiger partial charge on any atom is 0.213 e. The number of aryl methyl sites for hydroxylation is 1. The molecule has 5 aromatic rings. The molecule has 1 aliphatic carbocycles. The molecule has 1 aliphatic heterocycles. The summed E-state index contributed by atoms with van der Waals surface area (Å²) in [5.41, 5.74) is 10.6. The van der Waals surface area contributed by atoms with E-state index < -0.39 is 0 Å². The monoisotopic (exact) mass is 451 g/mol. The van der Waals surface area contributed by atoms with Crippen molar-refractivity contribution in [2.45, 2.75) is 12.8 Å². The van der Waals surface area contributed by atoms with Gasteiger partial charge in [-0.3, -0.25) is 0 Å². The Kier molecular flexibility index (Phi) is 4.44. The van der Waals surface area contributed by atoms with Gasteiger partial charge in [0.15, 0.2) is 0 Å². The zero-order valence-electron chi connectivity index (χ0n) is 20.1. The van der Waals surface area contributed by atoms with E-state index in [2.05, 4.69) is 126 Å². The van der Waals surface area contributed by atoms with Gasteiger partial charge in [0.25, 0.3) is 0 Å². The van der Waals surface area contributed by atoms with Gasteiger partial charge in [-0.2, -0.15) is 4.58 Å². The minimum absolute atomic E-state index is 1.09. The van der Waals surface area contributed by atoms with Crippen molar-refractivity contribution in [1.82, 2.24) is 9.14 Å². The number of aromatic nitrogens is 1. The smallest absolute Gasteiger partial charge is 0.213 e. The summed E-state index contributed by atoms with van der Waals surface area (Å²) >= 11 is 0. The molecule has 0 saturated carbocycles. The number of para-hydroxylation sites is 2. The molecule has 0 amide bonds. The van der Waals surface area contributed by atoms with Gasteiger partial charge in [-0.1, -0.05) is 54.6 Å². The highest BCUT2D eigenvalue weighted by Gasteiger charge is 2.23. The summed E-state index contributed by atoms with van der Waals surface area (Å²) in [4.78, 5) is 0. The average molecular weight is 452 g/mol. The second-order valence-corrected chi connectivity index (χ2v) is 9.79. The maximum absolute atomic E-state index is 2.38. The summed E-state index contributed by atoms with van der Waals surface area (Å²) in [6.07, 6.45) is 9.28. The van der Waals surface area contributed by atoms with Crippen LogP contribution >= 0.6 is 0 Å². The van der Waals surface area contributed by atoms with Crippen LogP contribution in [0.5, 0.6) is 0 Å². The van der Waals surface area contributed by atoms with Crippen molar-refractivity contribution in [3.8, 4) is 11.1 Å². The molecular formula is C33H27N2+. The van der Waals surface area contributed by atoms with Crippen LogP contribution in [0.3, 0.4) is 0 Å². The molecule has 0 fully saturated rings. The van der Waals surface area contributed by atoms with Gasteiger partial charge in [-0.25, -0.2) is 0 Å². The Labute approximate surface area is 205 Å². The zero-order valence-corrected chi connectivity index (χ0v) is 20.1. The molecule has 2 nitrogen and oxygen atoms in total. The quantitative estimate of drug-likeness (QED) is 0.276. The van der Waals surface area contributed by atoms with Gasteiger partial charge < -0.3 is 4.57 Å². The van der Waals surface area contributed by atoms with Gasteiger partial charge in [-0.15, -0.1) is 0 Å². The van der Waals surface area contributed by atoms with Gasteiger partial charge in [-0.05, 0) is 71.2 Å². The Balaban J connectivity index is 1.24. The number of fused-ring (bicyclic) bond motifs is 6. The predicted molar refractivity (Wildman–Crippen MR) is 148 cm³/mol. The lowest BCUT2D eigenvalue weighted by Crippen LogP contribution is -2.19. The molecule has 4 aromatic carbocycles. The summed E-state index contributed by atoms with van der Waals surface area (Å²) in [7, 11) is 4.31. The van der Waals surface area contributed by atoms with E-state index in [9.17, 15) is 0 Å². The molecule has 35 heavy (non-hydrogen) atoms. The van der Waals surface area contributed by atoms with Crippen LogP contribution in [0.4, 0.5) is 5.69 Å². The van der Waals surface area contributed by atoms with Gasteiger partial charge in [0.2, 0.25) is 11.0 Å². The Morgan fingerprint density at radius 1 is 0.743 bits per heavy atom. The first-order valence-electron chi connectivity index (χ1n) is 12.4. The maximum atomic E-state index is 2.38. The highest BCUT2D eigenvalue weighted by Crippen LogP contribution is 2.32. The second kappa shape index (κ2) is 7.68. The third-order valence-electron chi connectivity index (χ3n) is 7.65. The lowest BCUT2D eigenvalue weighted by molar-refractivity contribution is 0.919. The fourth-order valence-electron chi connectivity index (χ4n) is 5.88. The molecule has 2 heterocycles. The number of nitrogens with zero attached hydrogens (tertiary/aromatic N) is 2. The first-order chi connectivity index (χ1) is 17.2. The summed E-state index contributed by atoms with van der Waals surface area (Å²) < 4.78 is 4.58. The van der Waals surface area contributed by atoms with Crippen molar-refractivity contribution >= 4 is 39.6 Å². The van der Waals surface area contributed by atoms with Crippen LogP contribution in [0.15, 0.2) is 102 Å². The number of benzene rings is 4. The van der Waals surface area contributed by atoms with E-state index >= 15 is 0 Å². The van der Waals surface area contributed by atoms with Crippen molar-refractivity contribution in [3.05, 3.63) is 118 Å². The highest BCUT2D eigenvalue weighted by molar-refractivity contribution is 6.08. The Bertz CT molecular complexity index is 1860. The van der Waals surface area contributed by atoms with Crippen LogP contribution in [0.25, 0.3) is 45.1 Å². The Morgan fingerprint density at radius 3 is 2.51 bits per heavy atom. The third-order valence-corrected chi connectivity index (χ3v) is 7.65. The predicted octanol–water partition coefficient (Wildman–Crippen LogP) is 6.35. The van der Waals surface area contributed by atoms with Crippen LogP contribution in [-0.4, -0.2) is 11.6 Å². The zero-order chi connectivity index (χ0) is 23.5. The lowest BCUT2D eigenvalue weighted by Gasteiger charge is -2.00. The first kappa shape index (κ1) is 20.2. The molecule has 0 bridgehead atoms. The molecule has 7 rings (SSSR count). The third kappa shape index (κ3) is 3.21. The van der Waals surface area contributed by atoms with Crippen molar-refractivity contribution in [2.24, 2.45) is 7.05 Å². The minimum atomic E-state index is 1.09. The summed E-state index contributed by atoms with van der Waals surface area (Å²) in [6, 6.07) is 31.0. The van der Waals surface area contributed by atoms with Gasteiger partial charge in [0.1, 0.15) is 7.05 Å². The lowest BCUT2D eigenvalue weighted by atomic mass is 10.0. The number of allylic oxidation sites excluding steroid dienone is 3. The van der Waals surface area contributed by atoms with Crippen molar-refractivity contribution in [3.63, 3.8) is 0 Å². The van der Waals surface area contributed by atoms with E-state index in [1.807, 2.05) is 0 Å². The molecule has 0 spiro atoms. The standard InChI is InChI=1S/C33H27N2/c1-34-30-9-5-3-7-26(30)28-20-24(13-15-32(28)34)18-22-11-12-23(17-22)19-25-14-16-33-29(21-25)27-8-4-6-10-31(27)35(33)2/h3-10,13-21H,11-12H2,1-2H3/q+1. The molecule has 168 valence electrons. The topological polar surface area (TPSA) is 7.94 Å². The van der Waals surface area contributed by atoms with E-state index in [1.54, 1.807) is 0 Å². The van der Waals surface area contributed by atoms with E-state index in [4.69, 9.17) is 0 Å². The van der Waals surface area contributed by atoms with Gasteiger partial charge in [0.05, 0.1) is 11.1 Å². The number of rotatable bonds is 2. The summed E-state index contributed by atoms with van der Waals surface area (Å²) in [5, 5.41) is 5.21. The fraction of sp³-hybridized carbons (Fsp3) is 0.121. The molecular weight excluding hydrogens is 424 g/mol. The van der Waals surface area contributed by atoms with E-state index in [0.29, 0.717) is 0 Å². The Morgan fingerprint density at radius 2 is 1.57 bits per heavy atom. The van der Waals surface area contributed by atoms with Crippen LogP contribution in [0, 0.1) is 0 Å². The summed E-state index contributed by atoms with van der Waals surface area (Å²) in [6.45, 7) is 0. The molecule has 0 unspecified atom stereocenters. The minimum Gasteiger partial charge on any atom is -0.344 e. The van der Waals surface area contributed by atoms with Crippen LogP contribution < -0.4 is 15.2 Å². The van der Waals surface area contributed by atoms with E-state index in [-0.39, 0.29) is 0 Å². The molecule has 1 aromatic heterocycles. The first-order valence-corrected chi connectivity index (χ1v) is 12.4. The molecule has 0 saturated heterocycles. The number of hydrogen-bond donors (Lipinski definition) is 0. The Hall–Kier alpha value is -4.17. The van der Waals surface area contributed by atoms with Crippen LogP contribution in [0.1, 0.15) is 18.4 Å². The molecule has 2 aliphatic rings. The molecule has 0 atom stereocenters. The van der Waals surface area contributed by atoms with Crippen molar-refractivity contribution in [1.29, 1.82) is 0 Å². The van der Waals surface area contributed by atoms with E-state index in [0.717, 1.165) is 12.8 Å². The average Bonchev–Trinajstić information content (AvgIpc) is 3.53. The van der Waals surface area contributed by atoms with Gasteiger partial charge in [0, 0.05) is 41.0 Å². The van der Waals surface area contributed by atoms with E-state index in [1.165, 1.54) is 65.9 Å². The van der Waals surface area contributed by atoms with Crippen LogP contribution in [-0.2, 0) is 7.05 Å². The van der Waals surface area contributed by atoms with Crippen molar-refractivity contribution in [2.75, 3.05) is 7.05 Å². The second-order valence-electron chi connectivity index (χ2n) is 9.79. The molecule has 0 N–H and O–H groups in total. The molecule has 2 heteroatoms. The normalized spacial score (nSPS) is 16.4. The fourth-order valence-corrected chi connectivity index (χ4v) is 5.88. The number of hydrogen-bond acceptors (Lipinski definition) is 0. The van der Waals surface area contributed by atoms with Crippen LogP contribution in [0.2, 0.25) is 0 Å². The molecule has 0 radical (unpaired) electrons. The van der Waals surface area contributed by atoms with Crippen molar-refractivity contribution < 1.29 is 0 Å². The highest BCUT2D eigenvalue weighted by atomic mass is 15.0. The van der Waals surface area contributed by atoms with Gasteiger partial charge >= 0.3 is 0 Å². The largest absolute Gasteiger partial charge is 0.344 e.